The number of likely N-dealkylation sites (tertiary alicyclic amines) is 1. The standard InChI is InChI=1S/C14H21N3O2S/c1-5-9(3)17-12(18)6-11(14(17)19)16-10(4)13-15-8(2)7-20-13/h7,9-11,16H,5-6H2,1-4H3. The molecule has 20 heavy (non-hydrogen) atoms. The van der Waals surface area contributed by atoms with Crippen LogP contribution in [-0.4, -0.2) is 33.8 Å². The fraction of sp³-hybridized carbons (Fsp3) is 0.643. The maximum absolute atomic E-state index is 12.3. The van der Waals surface area contributed by atoms with Crippen LogP contribution in [0.2, 0.25) is 0 Å². The molecule has 1 saturated heterocycles. The van der Waals surface area contributed by atoms with Gasteiger partial charge in [0.15, 0.2) is 0 Å². The number of aromatic nitrogens is 1. The van der Waals surface area contributed by atoms with Crippen LogP contribution < -0.4 is 5.32 Å². The first-order valence-corrected chi connectivity index (χ1v) is 7.86. The van der Waals surface area contributed by atoms with Gasteiger partial charge in [-0.1, -0.05) is 6.92 Å². The van der Waals surface area contributed by atoms with Crippen molar-refractivity contribution in [1.82, 2.24) is 15.2 Å². The molecule has 1 N–H and O–H groups in total. The maximum Gasteiger partial charge on any atom is 0.247 e. The lowest BCUT2D eigenvalue weighted by atomic mass is 10.2. The molecule has 3 atom stereocenters. The molecule has 110 valence electrons. The van der Waals surface area contributed by atoms with Crippen molar-refractivity contribution in [1.29, 1.82) is 0 Å². The molecule has 5 nitrogen and oxygen atoms in total. The van der Waals surface area contributed by atoms with E-state index in [4.69, 9.17) is 0 Å². The number of carbonyl (C=O) groups is 2. The van der Waals surface area contributed by atoms with Gasteiger partial charge in [-0.3, -0.25) is 19.8 Å². The SMILES string of the molecule is CCC(C)N1C(=O)CC(NC(C)c2nc(C)cs2)C1=O. The van der Waals surface area contributed by atoms with Gasteiger partial charge >= 0.3 is 0 Å². The fourth-order valence-corrected chi connectivity index (χ4v) is 3.18. The van der Waals surface area contributed by atoms with Gasteiger partial charge in [0.25, 0.3) is 0 Å². The monoisotopic (exact) mass is 295 g/mol. The van der Waals surface area contributed by atoms with Crippen LogP contribution in [0.3, 0.4) is 0 Å². The number of nitrogens with one attached hydrogen (secondary N) is 1. The summed E-state index contributed by atoms with van der Waals surface area (Å²) in [5.74, 6) is -0.186. The molecule has 0 radical (unpaired) electrons. The zero-order valence-corrected chi connectivity index (χ0v) is 13.2. The van der Waals surface area contributed by atoms with Crippen molar-refractivity contribution >= 4 is 23.2 Å². The minimum Gasteiger partial charge on any atom is -0.297 e. The highest BCUT2D eigenvalue weighted by atomic mass is 32.1. The van der Waals surface area contributed by atoms with E-state index in [-0.39, 0.29) is 30.3 Å². The summed E-state index contributed by atoms with van der Waals surface area (Å²) < 4.78 is 0. The number of hydrogen-bond acceptors (Lipinski definition) is 5. The van der Waals surface area contributed by atoms with Crippen LogP contribution >= 0.6 is 11.3 Å². The molecule has 0 bridgehead atoms. The fourth-order valence-electron chi connectivity index (χ4n) is 2.37. The Morgan fingerprint density at radius 1 is 1.50 bits per heavy atom. The Morgan fingerprint density at radius 2 is 2.20 bits per heavy atom. The van der Waals surface area contributed by atoms with Crippen molar-refractivity contribution in [2.45, 2.75) is 58.7 Å². The van der Waals surface area contributed by atoms with Crippen LogP contribution in [0, 0.1) is 6.92 Å². The molecule has 1 fully saturated rings. The molecule has 2 rings (SSSR count). The van der Waals surface area contributed by atoms with Gasteiger partial charge in [0, 0.05) is 17.1 Å². The van der Waals surface area contributed by atoms with Crippen LogP contribution in [0.5, 0.6) is 0 Å². The number of hydrogen-bond donors (Lipinski definition) is 1. The third kappa shape index (κ3) is 2.91. The highest BCUT2D eigenvalue weighted by Gasteiger charge is 2.41. The number of thiazole rings is 1. The van der Waals surface area contributed by atoms with E-state index in [0.717, 1.165) is 17.1 Å². The summed E-state index contributed by atoms with van der Waals surface area (Å²) >= 11 is 1.57. The Labute approximate surface area is 123 Å². The zero-order chi connectivity index (χ0) is 14.9. The van der Waals surface area contributed by atoms with Crippen LogP contribution in [-0.2, 0) is 9.59 Å². The van der Waals surface area contributed by atoms with Gasteiger partial charge < -0.3 is 0 Å². The minimum atomic E-state index is -0.421. The molecule has 1 aliphatic rings. The number of nitrogens with zero attached hydrogens (tertiary/aromatic N) is 2. The third-order valence-electron chi connectivity index (χ3n) is 3.67. The van der Waals surface area contributed by atoms with Gasteiger partial charge in [0.05, 0.1) is 18.5 Å². The molecular weight excluding hydrogens is 274 g/mol. The summed E-state index contributed by atoms with van der Waals surface area (Å²) in [6.07, 6.45) is 1.03. The van der Waals surface area contributed by atoms with E-state index in [1.807, 2.05) is 33.1 Å². The molecule has 6 heteroatoms. The Balaban J connectivity index is 2.04. The Morgan fingerprint density at radius 3 is 2.75 bits per heavy atom. The summed E-state index contributed by atoms with van der Waals surface area (Å²) in [6.45, 7) is 7.81. The molecule has 0 saturated carbocycles. The van der Waals surface area contributed by atoms with Crippen molar-refractivity contribution in [2.75, 3.05) is 0 Å². The largest absolute Gasteiger partial charge is 0.297 e. The van der Waals surface area contributed by atoms with Gasteiger partial charge in [-0.05, 0) is 27.2 Å². The molecule has 0 spiro atoms. The lowest BCUT2D eigenvalue weighted by molar-refractivity contribution is -0.141. The van der Waals surface area contributed by atoms with Crippen LogP contribution in [0.25, 0.3) is 0 Å². The van der Waals surface area contributed by atoms with E-state index in [0.29, 0.717) is 0 Å². The second-order valence-corrected chi connectivity index (χ2v) is 6.22. The number of amides is 2. The van der Waals surface area contributed by atoms with E-state index in [2.05, 4.69) is 10.3 Å². The average Bonchev–Trinajstić information content (AvgIpc) is 2.94. The van der Waals surface area contributed by atoms with Crippen molar-refractivity contribution in [3.8, 4) is 0 Å². The van der Waals surface area contributed by atoms with E-state index < -0.39 is 6.04 Å². The first-order valence-electron chi connectivity index (χ1n) is 6.98. The van der Waals surface area contributed by atoms with Crippen LogP contribution in [0.15, 0.2) is 5.38 Å². The molecule has 3 unspecified atom stereocenters. The van der Waals surface area contributed by atoms with E-state index in [1.165, 1.54) is 4.90 Å². The second kappa shape index (κ2) is 6.01. The van der Waals surface area contributed by atoms with Crippen LogP contribution in [0.4, 0.5) is 0 Å². The van der Waals surface area contributed by atoms with Gasteiger partial charge in [0.1, 0.15) is 5.01 Å². The van der Waals surface area contributed by atoms with Gasteiger partial charge in [-0.25, -0.2) is 4.98 Å². The summed E-state index contributed by atoms with van der Waals surface area (Å²) in [5.41, 5.74) is 0.980. The number of carbonyl (C=O) groups excluding carboxylic acids is 2. The molecular formula is C14H21N3O2S. The van der Waals surface area contributed by atoms with Crippen LogP contribution in [0.1, 0.15) is 50.4 Å². The summed E-state index contributed by atoms with van der Waals surface area (Å²) in [6, 6.07) is -0.470. The Hall–Kier alpha value is -1.27. The smallest absolute Gasteiger partial charge is 0.247 e. The van der Waals surface area contributed by atoms with Crippen molar-refractivity contribution in [3.63, 3.8) is 0 Å². The molecule has 0 aliphatic carbocycles. The number of imide groups is 1. The highest BCUT2D eigenvalue weighted by molar-refractivity contribution is 7.09. The Kier molecular flexibility index (Phi) is 4.55. The summed E-state index contributed by atoms with van der Waals surface area (Å²) in [7, 11) is 0. The Bertz CT molecular complexity index is 514. The minimum absolute atomic E-state index is 0.0210. The molecule has 1 aromatic heterocycles. The van der Waals surface area contributed by atoms with Crippen molar-refractivity contribution < 1.29 is 9.59 Å². The predicted molar refractivity (Wildman–Crippen MR) is 78.4 cm³/mol. The van der Waals surface area contributed by atoms with E-state index >= 15 is 0 Å². The summed E-state index contributed by atoms with van der Waals surface area (Å²) in [4.78, 5) is 30.1. The number of rotatable bonds is 5. The van der Waals surface area contributed by atoms with E-state index in [1.54, 1.807) is 11.3 Å². The molecule has 1 aromatic rings. The molecule has 2 heterocycles. The quantitative estimate of drug-likeness (QED) is 0.844. The molecule has 0 aromatic carbocycles. The van der Waals surface area contributed by atoms with Gasteiger partial charge in [0.2, 0.25) is 11.8 Å². The van der Waals surface area contributed by atoms with Gasteiger partial charge in [-0.2, -0.15) is 0 Å². The van der Waals surface area contributed by atoms with Gasteiger partial charge in [-0.15, -0.1) is 11.3 Å². The lowest BCUT2D eigenvalue weighted by Crippen LogP contribution is -2.43. The first-order chi connectivity index (χ1) is 9.43. The number of aryl methyl sites for hydroxylation is 1. The average molecular weight is 295 g/mol. The van der Waals surface area contributed by atoms with Crippen molar-refractivity contribution in [3.05, 3.63) is 16.1 Å². The highest BCUT2D eigenvalue weighted by Crippen LogP contribution is 2.23. The maximum atomic E-state index is 12.3. The molecule has 2 amide bonds. The lowest BCUT2D eigenvalue weighted by Gasteiger charge is -2.22. The molecule has 1 aliphatic heterocycles. The topological polar surface area (TPSA) is 62.3 Å². The van der Waals surface area contributed by atoms with E-state index in [9.17, 15) is 9.59 Å². The zero-order valence-electron chi connectivity index (χ0n) is 12.3. The third-order valence-corrected chi connectivity index (χ3v) is 4.82. The second-order valence-electron chi connectivity index (χ2n) is 5.33. The summed E-state index contributed by atoms with van der Waals surface area (Å²) in [5, 5.41) is 6.17. The first kappa shape index (κ1) is 15.1. The predicted octanol–water partition coefficient (Wildman–Crippen LogP) is 2.03. The van der Waals surface area contributed by atoms with Crippen molar-refractivity contribution in [2.24, 2.45) is 0 Å². The normalized spacial score (nSPS) is 22.4.